The minimum atomic E-state index is -0.489. The molecule has 3 rings (SSSR count). The maximum atomic E-state index is 12.7. The molecule has 0 atom stereocenters. The van der Waals surface area contributed by atoms with Crippen molar-refractivity contribution >= 4 is 17.9 Å². The molecule has 10 heteroatoms. The fraction of sp³-hybridized carbons (Fsp3) is 0.667. The summed E-state index contributed by atoms with van der Waals surface area (Å²) in [5.41, 5.74) is 0.958. The van der Waals surface area contributed by atoms with Crippen LogP contribution in [0.1, 0.15) is 38.2 Å². The van der Waals surface area contributed by atoms with Crippen molar-refractivity contribution in [2.24, 2.45) is 5.92 Å². The van der Waals surface area contributed by atoms with E-state index in [1.165, 1.54) is 4.90 Å². The molecule has 0 aromatic heterocycles. The van der Waals surface area contributed by atoms with E-state index < -0.39 is 5.97 Å². The van der Waals surface area contributed by atoms with Crippen LogP contribution in [0.3, 0.4) is 0 Å². The number of carbonyl (C=O) groups excluding carboxylic acids is 3. The number of carbonyl (C=O) groups is 3. The summed E-state index contributed by atoms with van der Waals surface area (Å²) >= 11 is 0. The maximum Gasteiger partial charge on any atom is 0.325 e. The van der Waals surface area contributed by atoms with Gasteiger partial charge in [0.15, 0.2) is 0 Å². The van der Waals surface area contributed by atoms with Gasteiger partial charge in [0.1, 0.15) is 13.2 Å². The van der Waals surface area contributed by atoms with Gasteiger partial charge < -0.3 is 34.6 Å². The van der Waals surface area contributed by atoms with Crippen LogP contribution in [0.25, 0.3) is 0 Å². The standard InChI is InChI=1S/C27H42N4O6/c1-2-36-26(33)18-31(25(32)21-35-19-22-6-4-3-5-7-22)17-14-29-27(34)30-15-10-24(11-16-30)37-20-23-8-12-28-13-9-23/h3-7,23-24,28H,2,8-21H2,1H3,(H,29,34). The Morgan fingerprint density at radius 1 is 1.08 bits per heavy atom. The molecule has 2 aliphatic heterocycles. The lowest BCUT2D eigenvalue weighted by Crippen LogP contribution is -2.49. The van der Waals surface area contributed by atoms with Crippen molar-refractivity contribution in [2.75, 3.05) is 65.6 Å². The second kappa shape index (κ2) is 16.2. The quantitative estimate of drug-likeness (QED) is 0.383. The van der Waals surface area contributed by atoms with Gasteiger partial charge in [0.2, 0.25) is 5.91 Å². The molecule has 1 aromatic rings. The first kappa shape index (κ1) is 28.9. The number of likely N-dealkylation sites (tertiary alicyclic amines) is 1. The molecule has 0 unspecified atom stereocenters. The highest BCUT2D eigenvalue weighted by Gasteiger charge is 2.25. The van der Waals surface area contributed by atoms with E-state index in [4.69, 9.17) is 14.2 Å². The van der Waals surface area contributed by atoms with E-state index in [1.54, 1.807) is 11.8 Å². The van der Waals surface area contributed by atoms with Crippen LogP contribution in [0.15, 0.2) is 30.3 Å². The van der Waals surface area contributed by atoms with Gasteiger partial charge in [-0.15, -0.1) is 0 Å². The Hall–Kier alpha value is -2.69. The summed E-state index contributed by atoms with van der Waals surface area (Å²) in [6.45, 7) is 6.54. The third kappa shape index (κ3) is 10.7. The van der Waals surface area contributed by atoms with Crippen molar-refractivity contribution in [2.45, 2.75) is 45.3 Å². The summed E-state index contributed by atoms with van der Waals surface area (Å²) in [5, 5.41) is 6.25. The van der Waals surface area contributed by atoms with E-state index in [1.807, 2.05) is 30.3 Å². The molecular weight excluding hydrogens is 476 g/mol. The van der Waals surface area contributed by atoms with Crippen LogP contribution in [-0.2, 0) is 30.4 Å². The van der Waals surface area contributed by atoms with E-state index in [-0.39, 0.29) is 50.9 Å². The highest BCUT2D eigenvalue weighted by Crippen LogP contribution is 2.18. The van der Waals surface area contributed by atoms with Gasteiger partial charge in [0.25, 0.3) is 0 Å². The van der Waals surface area contributed by atoms with Crippen LogP contribution >= 0.6 is 0 Å². The summed E-state index contributed by atoms with van der Waals surface area (Å²) in [5.74, 6) is -0.187. The summed E-state index contributed by atoms with van der Waals surface area (Å²) in [7, 11) is 0. The van der Waals surface area contributed by atoms with Crippen LogP contribution < -0.4 is 10.6 Å². The molecule has 2 aliphatic rings. The molecule has 2 fully saturated rings. The van der Waals surface area contributed by atoms with Crippen LogP contribution in [0.2, 0.25) is 0 Å². The zero-order valence-electron chi connectivity index (χ0n) is 22.0. The highest BCUT2D eigenvalue weighted by molar-refractivity contribution is 5.83. The Labute approximate surface area is 220 Å². The van der Waals surface area contributed by atoms with Gasteiger partial charge in [-0.3, -0.25) is 9.59 Å². The lowest BCUT2D eigenvalue weighted by molar-refractivity contribution is -0.150. The Morgan fingerprint density at radius 3 is 2.51 bits per heavy atom. The number of hydrogen-bond acceptors (Lipinski definition) is 7. The van der Waals surface area contributed by atoms with Gasteiger partial charge in [-0.05, 0) is 57.2 Å². The number of piperidine rings is 2. The predicted molar refractivity (Wildman–Crippen MR) is 139 cm³/mol. The maximum absolute atomic E-state index is 12.7. The van der Waals surface area contributed by atoms with E-state index >= 15 is 0 Å². The topological polar surface area (TPSA) is 109 Å². The Kier molecular flexibility index (Phi) is 12.7. The van der Waals surface area contributed by atoms with E-state index in [9.17, 15) is 14.4 Å². The molecule has 10 nitrogen and oxygen atoms in total. The fourth-order valence-corrected chi connectivity index (χ4v) is 4.53. The largest absolute Gasteiger partial charge is 0.465 e. The third-order valence-corrected chi connectivity index (χ3v) is 6.73. The number of esters is 1. The number of nitrogens with zero attached hydrogens (tertiary/aromatic N) is 2. The molecule has 1 aromatic carbocycles. The zero-order chi connectivity index (χ0) is 26.3. The van der Waals surface area contributed by atoms with Crippen LogP contribution in [-0.4, -0.2) is 99.4 Å². The van der Waals surface area contributed by atoms with E-state index in [0.717, 1.165) is 50.9 Å². The number of hydrogen-bond donors (Lipinski definition) is 2. The smallest absolute Gasteiger partial charge is 0.325 e. The van der Waals surface area contributed by atoms with Gasteiger partial charge in [-0.1, -0.05) is 30.3 Å². The average molecular weight is 519 g/mol. The molecule has 0 aliphatic carbocycles. The second-order valence-corrected chi connectivity index (χ2v) is 9.54. The molecule has 2 saturated heterocycles. The molecule has 0 bridgehead atoms. The second-order valence-electron chi connectivity index (χ2n) is 9.54. The molecule has 37 heavy (non-hydrogen) atoms. The molecule has 3 amide bonds. The summed E-state index contributed by atoms with van der Waals surface area (Å²) in [6, 6.07) is 9.39. The summed E-state index contributed by atoms with van der Waals surface area (Å²) in [4.78, 5) is 40.5. The molecule has 2 N–H and O–H groups in total. The molecule has 0 spiro atoms. The fourth-order valence-electron chi connectivity index (χ4n) is 4.53. The van der Waals surface area contributed by atoms with Gasteiger partial charge in [0.05, 0.1) is 19.3 Å². The Bertz CT molecular complexity index is 825. The van der Waals surface area contributed by atoms with Crippen molar-refractivity contribution in [3.05, 3.63) is 35.9 Å². The summed E-state index contributed by atoms with van der Waals surface area (Å²) < 4.78 is 16.7. The van der Waals surface area contributed by atoms with Crippen molar-refractivity contribution in [1.29, 1.82) is 0 Å². The van der Waals surface area contributed by atoms with Crippen molar-refractivity contribution in [1.82, 2.24) is 20.4 Å². The third-order valence-electron chi connectivity index (χ3n) is 6.73. The molecule has 0 saturated carbocycles. The zero-order valence-corrected chi connectivity index (χ0v) is 22.0. The number of benzene rings is 1. The van der Waals surface area contributed by atoms with E-state index in [2.05, 4.69) is 10.6 Å². The van der Waals surface area contributed by atoms with Crippen molar-refractivity contribution in [3.63, 3.8) is 0 Å². The van der Waals surface area contributed by atoms with E-state index in [0.29, 0.717) is 25.6 Å². The SMILES string of the molecule is CCOC(=O)CN(CCNC(=O)N1CCC(OCC2CCNCC2)CC1)C(=O)COCc1ccccc1. The van der Waals surface area contributed by atoms with Gasteiger partial charge in [0, 0.05) is 32.8 Å². The van der Waals surface area contributed by atoms with Gasteiger partial charge in [-0.25, -0.2) is 4.79 Å². The predicted octanol–water partition coefficient (Wildman–Crippen LogP) is 1.79. The number of rotatable bonds is 13. The number of urea groups is 1. The normalized spacial score (nSPS) is 16.8. The van der Waals surface area contributed by atoms with Crippen LogP contribution in [0.5, 0.6) is 0 Å². The number of nitrogens with one attached hydrogen (secondary N) is 2. The first-order chi connectivity index (χ1) is 18.0. The Morgan fingerprint density at radius 2 is 1.81 bits per heavy atom. The lowest BCUT2D eigenvalue weighted by Gasteiger charge is -2.33. The molecule has 206 valence electrons. The Balaban J connectivity index is 1.36. The lowest BCUT2D eigenvalue weighted by atomic mass is 9.99. The van der Waals surface area contributed by atoms with Crippen LogP contribution in [0, 0.1) is 5.92 Å². The number of amides is 3. The van der Waals surface area contributed by atoms with Gasteiger partial charge >= 0.3 is 12.0 Å². The summed E-state index contributed by atoms with van der Waals surface area (Å²) in [6.07, 6.45) is 4.18. The minimum absolute atomic E-state index is 0.160. The van der Waals surface area contributed by atoms with Crippen molar-refractivity contribution in [3.8, 4) is 0 Å². The highest BCUT2D eigenvalue weighted by atomic mass is 16.5. The van der Waals surface area contributed by atoms with Crippen molar-refractivity contribution < 1.29 is 28.6 Å². The molecule has 0 radical (unpaired) electrons. The molecular formula is C27H42N4O6. The number of ether oxygens (including phenoxy) is 3. The van der Waals surface area contributed by atoms with Gasteiger partial charge in [-0.2, -0.15) is 0 Å². The monoisotopic (exact) mass is 518 g/mol. The average Bonchev–Trinajstić information content (AvgIpc) is 2.93. The first-order valence-electron chi connectivity index (χ1n) is 13.4. The van der Waals surface area contributed by atoms with Crippen LogP contribution in [0.4, 0.5) is 4.79 Å². The molecule has 2 heterocycles. The minimum Gasteiger partial charge on any atom is -0.465 e. The first-order valence-corrected chi connectivity index (χ1v) is 13.4.